The highest BCUT2D eigenvalue weighted by atomic mass is 16.2. The van der Waals surface area contributed by atoms with Crippen LogP contribution in [0.2, 0.25) is 0 Å². The zero-order valence-corrected chi connectivity index (χ0v) is 25.8. The highest BCUT2D eigenvalue weighted by Gasteiger charge is 2.45. The second-order valence-electron chi connectivity index (χ2n) is 11.9. The maximum atomic E-state index is 13.4. The number of carbonyl (C=O) groups is 5. The number of aromatic nitrogens is 2. The Balaban J connectivity index is 1.02. The van der Waals surface area contributed by atoms with Crippen LogP contribution in [0.25, 0.3) is 5.69 Å². The lowest BCUT2D eigenvalue weighted by molar-refractivity contribution is -0.136. The molecule has 2 fully saturated rings. The molecule has 2 saturated heterocycles. The fraction of sp³-hybridized carbons (Fsp3) is 0.394. The summed E-state index contributed by atoms with van der Waals surface area (Å²) in [7, 11) is 1.89. The van der Waals surface area contributed by atoms with Crippen LogP contribution < -0.4 is 10.2 Å². The molecule has 0 aliphatic carbocycles. The van der Waals surface area contributed by atoms with Crippen molar-refractivity contribution >= 4 is 35.2 Å². The standard InChI is InChI=1S/C33H37N7O5/c1-21-19-22(2)40(35-21)24-8-4-7-23(20-24)31(43)38-17-15-37(16-18-38)14-6-13-36(3)26-10-5-9-25-29(26)33(45)39(32(25)44)27-11-12-28(41)34-30(27)42/h4-5,7-10,19-20,27H,6,11-18H2,1-3H3,(H,34,41,42). The van der Waals surface area contributed by atoms with E-state index in [1.54, 1.807) is 12.1 Å². The predicted octanol–water partition coefficient (Wildman–Crippen LogP) is 2.17. The fourth-order valence-electron chi connectivity index (χ4n) is 6.49. The maximum Gasteiger partial charge on any atom is 0.264 e. The van der Waals surface area contributed by atoms with E-state index in [2.05, 4.69) is 15.3 Å². The number of aryl methyl sites for hydroxylation is 2. The summed E-state index contributed by atoms with van der Waals surface area (Å²) in [5, 5.41) is 6.77. The number of amides is 5. The van der Waals surface area contributed by atoms with Crippen molar-refractivity contribution in [1.82, 2.24) is 29.8 Å². The van der Waals surface area contributed by atoms with Crippen molar-refractivity contribution in [3.05, 3.63) is 76.6 Å². The Morgan fingerprint density at radius 3 is 2.44 bits per heavy atom. The molecule has 3 aliphatic rings. The van der Waals surface area contributed by atoms with Crippen LogP contribution in [0.1, 0.15) is 61.7 Å². The lowest BCUT2D eigenvalue weighted by Crippen LogP contribution is -2.54. The van der Waals surface area contributed by atoms with Gasteiger partial charge in [-0.15, -0.1) is 0 Å². The van der Waals surface area contributed by atoms with Gasteiger partial charge in [0.05, 0.1) is 28.2 Å². The minimum Gasteiger partial charge on any atom is -0.374 e. The smallest absolute Gasteiger partial charge is 0.264 e. The first-order valence-electron chi connectivity index (χ1n) is 15.3. The molecule has 3 aliphatic heterocycles. The Labute approximate surface area is 261 Å². The number of benzene rings is 2. The summed E-state index contributed by atoms with van der Waals surface area (Å²) < 4.78 is 1.85. The van der Waals surface area contributed by atoms with Crippen molar-refractivity contribution in [2.24, 2.45) is 0 Å². The van der Waals surface area contributed by atoms with E-state index < -0.39 is 29.7 Å². The minimum atomic E-state index is -0.993. The summed E-state index contributed by atoms with van der Waals surface area (Å²) in [5.41, 5.74) is 4.67. The number of piperidine rings is 1. The van der Waals surface area contributed by atoms with Crippen molar-refractivity contribution < 1.29 is 24.0 Å². The van der Waals surface area contributed by atoms with Crippen LogP contribution in [0.5, 0.6) is 0 Å². The first-order chi connectivity index (χ1) is 21.6. The van der Waals surface area contributed by atoms with Gasteiger partial charge in [0.2, 0.25) is 11.8 Å². The molecule has 1 unspecified atom stereocenters. The summed E-state index contributed by atoms with van der Waals surface area (Å²) in [6.07, 6.45) is 1.02. The number of anilines is 1. The lowest BCUT2D eigenvalue weighted by atomic mass is 10.0. The molecule has 0 radical (unpaired) electrons. The third-order valence-corrected chi connectivity index (χ3v) is 8.83. The average Bonchev–Trinajstić information content (AvgIpc) is 3.51. The number of hydrogen-bond donors (Lipinski definition) is 1. The van der Waals surface area contributed by atoms with E-state index in [1.165, 1.54) is 0 Å². The van der Waals surface area contributed by atoms with Gasteiger partial charge in [0.25, 0.3) is 17.7 Å². The monoisotopic (exact) mass is 611 g/mol. The quantitative estimate of drug-likeness (QED) is 0.384. The number of rotatable bonds is 8. The molecule has 234 valence electrons. The van der Waals surface area contributed by atoms with Crippen LogP contribution in [0, 0.1) is 13.8 Å². The molecule has 4 heterocycles. The molecular weight excluding hydrogens is 574 g/mol. The van der Waals surface area contributed by atoms with Gasteiger partial charge in [-0.2, -0.15) is 5.10 Å². The number of nitrogens with zero attached hydrogens (tertiary/aromatic N) is 6. The molecule has 2 aromatic carbocycles. The van der Waals surface area contributed by atoms with Crippen molar-refractivity contribution in [1.29, 1.82) is 0 Å². The zero-order valence-electron chi connectivity index (χ0n) is 25.8. The number of piperazine rings is 1. The van der Waals surface area contributed by atoms with Gasteiger partial charge >= 0.3 is 0 Å². The highest BCUT2D eigenvalue weighted by molar-refractivity contribution is 6.25. The Morgan fingerprint density at radius 1 is 0.978 bits per heavy atom. The number of hydrogen-bond acceptors (Lipinski definition) is 8. The topological polar surface area (TPSA) is 128 Å². The van der Waals surface area contributed by atoms with Crippen molar-refractivity contribution in [3.63, 3.8) is 0 Å². The van der Waals surface area contributed by atoms with Crippen LogP contribution in [-0.4, -0.2) is 106 Å². The number of fused-ring (bicyclic) bond motifs is 1. The van der Waals surface area contributed by atoms with Gasteiger partial charge in [0.1, 0.15) is 6.04 Å². The van der Waals surface area contributed by atoms with Crippen LogP contribution >= 0.6 is 0 Å². The summed E-state index contributed by atoms with van der Waals surface area (Å²) in [6, 6.07) is 13.8. The molecular formula is C33H37N7O5. The van der Waals surface area contributed by atoms with Gasteiger partial charge in [-0.3, -0.25) is 39.1 Å². The molecule has 0 bridgehead atoms. The Kier molecular flexibility index (Phi) is 8.24. The third-order valence-electron chi connectivity index (χ3n) is 8.83. The first kappa shape index (κ1) is 30.2. The van der Waals surface area contributed by atoms with Crippen LogP contribution in [-0.2, 0) is 9.59 Å². The SMILES string of the molecule is Cc1cc(C)n(-c2cccc(C(=O)N3CCN(CCCN(C)c4cccc5c4C(=O)N(C4CCC(=O)NC4=O)C5=O)CC3)c2)n1. The van der Waals surface area contributed by atoms with E-state index in [0.717, 1.165) is 48.0 Å². The number of carbonyl (C=O) groups excluding carboxylic acids is 5. The normalized spacial score (nSPS) is 18.8. The number of imide groups is 2. The van der Waals surface area contributed by atoms with Crippen molar-refractivity contribution in [3.8, 4) is 5.69 Å². The molecule has 3 aromatic rings. The molecule has 5 amide bonds. The molecule has 0 saturated carbocycles. The second-order valence-corrected chi connectivity index (χ2v) is 11.9. The molecule has 0 spiro atoms. The number of nitrogens with one attached hydrogen (secondary N) is 1. The minimum absolute atomic E-state index is 0.0151. The second kappa shape index (κ2) is 12.3. The lowest BCUT2D eigenvalue weighted by Gasteiger charge is -2.35. The highest BCUT2D eigenvalue weighted by Crippen LogP contribution is 2.34. The predicted molar refractivity (Wildman–Crippen MR) is 166 cm³/mol. The van der Waals surface area contributed by atoms with Crippen LogP contribution in [0.4, 0.5) is 5.69 Å². The van der Waals surface area contributed by atoms with Gasteiger partial charge < -0.3 is 9.80 Å². The zero-order chi connectivity index (χ0) is 31.8. The summed E-state index contributed by atoms with van der Waals surface area (Å²) in [6.45, 7) is 8.22. The first-order valence-corrected chi connectivity index (χ1v) is 15.3. The fourth-order valence-corrected chi connectivity index (χ4v) is 6.49. The van der Waals surface area contributed by atoms with Gasteiger partial charge in [-0.25, -0.2) is 4.68 Å². The van der Waals surface area contributed by atoms with Crippen LogP contribution in [0.15, 0.2) is 48.5 Å². The summed E-state index contributed by atoms with van der Waals surface area (Å²) >= 11 is 0. The van der Waals surface area contributed by atoms with Crippen molar-refractivity contribution in [2.45, 2.75) is 39.2 Å². The van der Waals surface area contributed by atoms with Crippen molar-refractivity contribution in [2.75, 3.05) is 51.2 Å². The van der Waals surface area contributed by atoms with E-state index in [-0.39, 0.29) is 24.3 Å². The molecule has 12 heteroatoms. The van der Waals surface area contributed by atoms with Gasteiger partial charge in [0, 0.05) is 57.4 Å². The molecule has 1 N–H and O–H groups in total. The average molecular weight is 612 g/mol. The van der Waals surface area contributed by atoms with E-state index in [4.69, 9.17) is 0 Å². The molecule has 1 aromatic heterocycles. The van der Waals surface area contributed by atoms with Crippen LogP contribution in [0.3, 0.4) is 0 Å². The van der Waals surface area contributed by atoms with E-state index in [0.29, 0.717) is 36.4 Å². The van der Waals surface area contributed by atoms with E-state index in [1.807, 2.05) is 71.8 Å². The summed E-state index contributed by atoms with van der Waals surface area (Å²) in [5.74, 6) is -2.02. The molecule has 6 rings (SSSR count). The Hall–Kier alpha value is -4.84. The van der Waals surface area contributed by atoms with Gasteiger partial charge in [-0.1, -0.05) is 12.1 Å². The molecule has 1 atom stereocenters. The van der Waals surface area contributed by atoms with E-state index in [9.17, 15) is 24.0 Å². The molecule has 45 heavy (non-hydrogen) atoms. The van der Waals surface area contributed by atoms with Gasteiger partial charge in [-0.05, 0) is 69.6 Å². The molecule has 12 nitrogen and oxygen atoms in total. The summed E-state index contributed by atoms with van der Waals surface area (Å²) in [4.78, 5) is 71.2. The Bertz CT molecular complexity index is 1690. The third kappa shape index (κ3) is 5.85. The van der Waals surface area contributed by atoms with E-state index >= 15 is 0 Å². The maximum absolute atomic E-state index is 13.4. The largest absolute Gasteiger partial charge is 0.374 e. The van der Waals surface area contributed by atoms with Gasteiger partial charge in [0.15, 0.2) is 0 Å². The Morgan fingerprint density at radius 2 is 1.73 bits per heavy atom.